The van der Waals surface area contributed by atoms with Gasteiger partial charge in [-0.05, 0) is 77.3 Å². The van der Waals surface area contributed by atoms with Gasteiger partial charge in [0.05, 0.1) is 23.3 Å². The number of aromatic nitrogens is 2. The van der Waals surface area contributed by atoms with Gasteiger partial charge in [-0.25, -0.2) is 0 Å². The molecule has 0 saturated carbocycles. The molecule has 0 fully saturated rings. The number of anilines is 3. The number of nitrogens with zero attached hydrogens (tertiary/aromatic N) is 4. The van der Waals surface area contributed by atoms with Crippen LogP contribution in [0.1, 0.15) is 22.3 Å². The molecule has 3 rings (SSSR count). The molecule has 2 aromatic carbocycles. The summed E-state index contributed by atoms with van der Waals surface area (Å²) in [5.74, 6) is 1.32. The van der Waals surface area contributed by atoms with E-state index < -0.39 is 0 Å². The number of benzene rings is 2. The topological polar surface area (TPSA) is 121 Å². The number of nitrogen functional groups attached to an aromatic ring is 1. The van der Waals surface area contributed by atoms with Crippen molar-refractivity contribution in [1.29, 1.82) is 10.5 Å². The quantitative estimate of drug-likeness (QED) is 0.483. The van der Waals surface area contributed by atoms with Gasteiger partial charge in [-0.1, -0.05) is 0 Å². The fourth-order valence-corrected chi connectivity index (χ4v) is 2.85. The highest BCUT2D eigenvalue weighted by Gasteiger charge is 2.16. The minimum atomic E-state index is 0. The van der Waals surface area contributed by atoms with Gasteiger partial charge >= 0.3 is 0 Å². The molecular formula is C20H16Br2N6O. The summed E-state index contributed by atoms with van der Waals surface area (Å²) in [6.45, 7) is 3.72. The van der Waals surface area contributed by atoms with Crippen LogP contribution < -0.4 is 15.8 Å². The van der Waals surface area contributed by atoms with Crippen molar-refractivity contribution in [2.24, 2.45) is 0 Å². The lowest BCUT2D eigenvalue weighted by atomic mass is 10.1. The molecule has 0 radical (unpaired) electrons. The molecule has 9 heteroatoms. The van der Waals surface area contributed by atoms with Crippen molar-refractivity contribution in [2.45, 2.75) is 13.8 Å². The molecule has 0 spiro atoms. The Morgan fingerprint density at radius 3 is 2.14 bits per heavy atom. The largest absolute Gasteiger partial charge is 0.437 e. The molecule has 0 aliphatic heterocycles. The maximum absolute atomic E-state index is 9.10. The first-order chi connectivity index (χ1) is 13.4. The molecule has 0 amide bonds. The lowest BCUT2D eigenvalue weighted by molar-refractivity contribution is 0.453. The number of nitrogens with two attached hydrogens (primary N) is 1. The van der Waals surface area contributed by atoms with Crippen molar-refractivity contribution in [3.05, 3.63) is 63.1 Å². The summed E-state index contributed by atoms with van der Waals surface area (Å²) in [7, 11) is 0. The van der Waals surface area contributed by atoms with E-state index in [-0.39, 0.29) is 34.6 Å². The summed E-state index contributed by atoms with van der Waals surface area (Å²) < 4.78 is 6.43. The molecular weight excluding hydrogens is 500 g/mol. The van der Waals surface area contributed by atoms with Crippen LogP contribution in [0.5, 0.6) is 11.6 Å². The van der Waals surface area contributed by atoms with Gasteiger partial charge in [-0.2, -0.15) is 20.5 Å². The Kier molecular flexibility index (Phi) is 7.16. The lowest BCUT2D eigenvalue weighted by Gasteiger charge is -2.14. The molecule has 0 bridgehead atoms. The molecule has 1 heterocycles. The summed E-state index contributed by atoms with van der Waals surface area (Å²) in [5.41, 5.74) is 9.43. The highest BCUT2D eigenvalue weighted by Crippen LogP contribution is 2.36. The lowest BCUT2D eigenvalue weighted by Crippen LogP contribution is -2.04. The Hall–Kier alpha value is -3.14. The number of nitrogens with one attached hydrogen (secondary N) is 1. The van der Waals surface area contributed by atoms with Gasteiger partial charge in [-0.15, -0.1) is 17.0 Å². The molecule has 1 aromatic heterocycles. The van der Waals surface area contributed by atoms with Gasteiger partial charge in [0, 0.05) is 5.69 Å². The molecule has 29 heavy (non-hydrogen) atoms. The van der Waals surface area contributed by atoms with Gasteiger partial charge in [0.2, 0.25) is 11.8 Å². The summed E-state index contributed by atoms with van der Waals surface area (Å²) in [6, 6.07) is 14.5. The van der Waals surface area contributed by atoms with Gasteiger partial charge in [-0.3, -0.25) is 0 Å². The van der Waals surface area contributed by atoms with Crippen molar-refractivity contribution in [3.8, 4) is 23.8 Å². The average Bonchev–Trinajstić information content (AvgIpc) is 2.68. The van der Waals surface area contributed by atoms with Crippen LogP contribution in [0, 0.1) is 36.5 Å². The zero-order valence-corrected chi connectivity index (χ0v) is 18.8. The van der Waals surface area contributed by atoms with Gasteiger partial charge < -0.3 is 15.8 Å². The molecule has 0 atom stereocenters. The number of ether oxygens (including phenoxy) is 1. The van der Waals surface area contributed by atoms with Gasteiger partial charge in [0.1, 0.15) is 16.0 Å². The van der Waals surface area contributed by atoms with Crippen molar-refractivity contribution in [2.75, 3.05) is 11.1 Å². The number of rotatable bonds is 4. The van der Waals surface area contributed by atoms with Crippen LogP contribution in [-0.4, -0.2) is 9.97 Å². The summed E-state index contributed by atoms with van der Waals surface area (Å²) in [6.07, 6.45) is 0. The van der Waals surface area contributed by atoms with Crippen LogP contribution in [0.3, 0.4) is 0 Å². The molecule has 0 saturated heterocycles. The monoisotopic (exact) mass is 514 g/mol. The molecule has 0 aliphatic carbocycles. The standard InChI is InChI=1S/C20H15BrN6O.BrH/c1-11-7-14(10-23)8-12(2)17(11)28-19-16(21)18(24)26-20(27-19)25-15-5-3-13(9-22)4-6-15;/h3-8H,1-2H3,(H3,24,25,26,27);1H. The van der Waals surface area contributed by atoms with E-state index in [2.05, 4.69) is 43.4 Å². The van der Waals surface area contributed by atoms with E-state index in [1.54, 1.807) is 36.4 Å². The van der Waals surface area contributed by atoms with Crippen LogP contribution >= 0.6 is 32.9 Å². The molecule has 0 unspecified atom stereocenters. The highest BCUT2D eigenvalue weighted by molar-refractivity contribution is 9.10. The maximum Gasteiger partial charge on any atom is 0.240 e. The van der Waals surface area contributed by atoms with Crippen LogP contribution in [0.4, 0.5) is 17.5 Å². The maximum atomic E-state index is 9.10. The second-order valence-electron chi connectivity index (χ2n) is 6.02. The Balaban J connectivity index is 0.00000300. The average molecular weight is 516 g/mol. The first kappa shape index (κ1) is 22.2. The van der Waals surface area contributed by atoms with Crippen molar-refractivity contribution >= 4 is 50.4 Å². The van der Waals surface area contributed by atoms with E-state index in [1.165, 1.54) is 0 Å². The third-order valence-corrected chi connectivity index (χ3v) is 4.65. The van der Waals surface area contributed by atoms with Crippen LogP contribution in [0.15, 0.2) is 40.9 Å². The fourth-order valence-electron chi connectivity index (χ4n) is 2.60. The minimum absolute atomic E-state index is 0. The van der Waals surface area contributed by atoms with Crippen molar-refractivity contribution in [3.63, 3.8) is 0 Å². The number of hydrogen-bond acceptors (Lipinski definition) is 7. The smallest absolute Gasteiger partial charge is 0.240 e. The van der Waals surface area contributed by atoms with Crippen LogP contribution in [-0.2, 0) is 0 Å². The molecule has 3 aromatic rings. The Labute approximate surface area is 187 Å². The molecule has 3 N–H and O–H groups in total. The van der Waals surface area contributed by atoms with E-state index >= 15 is 0 Å². The second kappa shape index (κ2) is 9.37. The third kappa shape index (κ3) is 5.02. The fraction of sp³-hybridized carbons (Fsp3) is 0.100. The van der Waals surface area contributed by atoms with Gasteiger partial charge in [0.15, 0.2) is 0 Å². The summed E-state index contributed by atoms with van der Waals surface area (Å²) in [5, 5.41) is 21.0. The number of halogens is 2. The third-order valence-electron chi connectivity index (χ3n) is 3.90. The van der Waals surface area contributed by atoms with E-state index in [9.17, 15) is 0 Å². The second-order valence-corrected chi connectivity index (χ2v) is 6.81. The molecule has 7 nitrogen and oxygen atoms in total. The predicted molar refractivity (Wildman–Crippen MR) is 120 cm³/mol. The zero-order valence-electron chi connectivity index (χ0n) is 15.5. The Morgan fingerprint density at radius 1 is 1.00 bits per heavy atom. The normalized spacial score (nSPS) is 9.69. The van der Waals surface area contributed by atoms with E-state index in [1.807, 2.05) is 13.8 Å². The van der Waals surface area contributed by atoms with E-state index in [4.69, 9.17) is 21.0 Å². The first-order valence-corrected chi connectivity index (χ1v) is 9.00. The van der Waals surface area contributed by atoms with Crippen LogP contribution in [0.25, 0.3) is 0 Å². The number of hydrogen-bond donors (Lipinski definition) is 2. The number of aryl methyl sites for hydroxylation is 2. The van der Waals surface area contributed by atoms with Crippen molar-refractivity contribution < 1.29 is 4.74 Å². The predicted octanol–water partition coefficient (Wildman–Crippen LogP) is 5.30. The van der Waals surface area contributed by atoms with E-state index in [0.29, 0.717) is 27.0 Å². The Morgan fingerprint density at radius 2 is 1.59 bits per heavy atom. The first-order valence-electron chi connectivity index (χ1n) is 8.20. The highest BCUT2D eigenvalue weighted by atomic mass is 79.9. The van der Waals surface area contributed by atoms with Crippen molar-refractivity contribution in [1.82, 2.24) is 9.97 Å². The summed E-state index contributed by atoms with van der Waals surface area (Å²) in [4.78, 5) is 8.60. The zero-order chi connectivity index (χ0) is 20.3. The Bertz CT molecular complexity index is 1110. The van der Waals surface area contributed by atoms with Gasteiger partial charge in [0.25, 0.3) is 0 Å². The SMILES string of the molecule is Br.Cc1cc(C#N)cc(C)c1Oc1nc(Nc2ccc(C#N)cc2)nc(N)c1Br. The summed E-state index contributed by atoms with van der Waals surface area (Å²) >= 11 is 3.36. The van der Waals surface area contributed by atoms with E-state index in [0.717, 1.165) is 11.1 Å². The molecule has 0 aliphatic rings. The van der Waals surface area contributed by atoms with Crippen LogP contribution in [0.2, 0.25) is 0 Å². The minimum Gasteiger partial charge on any atom is -0.437 e. The number of nitriles is 2. The molecule has 146 valence electrons.